The summed E-state index contributed by atoms with van der Waals surface area (Å²) in [7, 11) is 0. The third-order valence-corrected chi connectivity index (χ3v) is 4.18. The molecule has 3 rings (SSSR count). The van der Waals surface area contributed by atoms with Crippen LogP contribution in [0.4, 0.5) is 0 Å². The molecule has 2 atom stereocenters. The lowest BCUT2D eigenvalue weighted by molar-refractivity contribution is -0.148. The summed E-state index contributed by atoms with van der Waals surface area (Å²) in [4.78, 5) is 37.4. The van der Waals surface area contributed by atoms with E-state index in [1.165, 1.54) is 11.8 Å². The predicted octanol–water partition coefficient (Wildman–Crippen LogP) is 1.95. The second-order valence-electron chi connectivity index (χ2n) is 5.64. The lowest BCUT2D eigenvalue weighted by Crippen LogP contribution is -2.51. The van der Waals surface area contributed by atoms with Gasteiger partial charge in [0.05, 0.1) is 5.92 Å². The zero-order valence-corrected chi connectivity index (χ0v) is 11.9. The van der Waals surface area contributed by atoms with Crippen molar-refractivity contribution in [2.24, 2.45) is 11.8 Å². The van der Waals surface area contributed by atoms with Crippen LogP contribution in [0.1, 0.15) is 19.8 Å². The quantitative estimate of drug-likeness (QED) is 0.741. The maximum atomic E-state index is 12.6. The van der Waals surface area contributed by atoms with Crippen LogP contribution in [0.3, 0.4) is 0 Å². The summed E-state index contributed by atoms with van der Waals surface area (Å²) in [5.74, 6) is -0.717. The van der Waals surface area contributed by atoms with Crippen molar-refractivity contribution in [1.82, 2.24) is 4.90 Å². The fraction of sp³-hybridized carbons (Fsp3) is 0.353. The largest absolute Gasteiger partial charge is 0.300 e. The van der Waals surface area contributed by atoms with Gasteiger partial charge in [0.25, 0.3) is 5.91 Å². The Labute approximate surface area is 123 Å². The number of hydrogen-bond acceptors (Lipinski definition) is 3. The van der Waals surface area contributed by atoms with Crippen LogP contribution in [0.5, 0.6) is 0 Å². The zero-order chi connectivity index (χ0) is 15.0. The van der Waals surface area contributed by atoms with E-state index in [1.807, 2.05) is 30.4 Å². The van der Waals surface area contributed by atoms with E-state index in [0.29, 0.717) is 25.0 Å². The minimum Gasteiger partial charge on any atom is -0.300 e. The molecule has 0 radical (unpaired) electrons. The Hall–Kier alpha value is -2.23. The summed E-state index contributed by atoms with van der Waals surface area (Å²) in [6.07, 6.45) is 12.2. The van der Waals surface area contributed by atoms with Gasteiger partial charge in [0.15, 0.2) is 0 Å². The third-order valence-electron chi connectivity index (χ3n) is 4.18. The molecule has 1 saturated heterocycles. The van der Waals surface area contributed by atoms with Gasteiger partial charge in [-0.05, 0) is 18.9 Å². The Bertz CT molecular complexity index is 636. The van der Waals surface area contributed by atoms with Crippen molar-refractivity contribution in [1.29, 1.82) is 0 Å². The van der Waals surface area contributed by atoms with E-state index in [-0.39, 0.29) is 29.4 Å². The number of ketones is 1. The summed E-state index contributed by atoms with van der Waals surface area (Å²) in [5.41, 5.74) is 1.70. The van der Waals surface area contributed by atoms with Crippen molar-refractivity contribution in [3.63, 3.8) is 0 Å². The van der Waals surface area contributed by atoms with Crippen LogP contribution in [0.15, 0.2) is 47.6 Å². The van der Waals surface area contributed by atoms with Crippen molar-refractivity contribution in [3.8, 4) is 0 Å². The van der Waals surface area contributed by atoms with Gasteiger partial charge in [-0.25, -0.2) is 0 Å². The number of rotatable bonds is 4. The van der Waals surface area contributed by atoms with Crippen molar-refractivity contribution in [3.05, 3.63) is 47.6 Å². The van der Waals surface area contributed by atoms with Crippen LogP contribution in [-0.2, 0) is 14.4 Å². The summed E-state index contributed by atoms with van der Waals surface area (Å²) >= 11 is 0. The first kappa shape index (κ1) is 13.7. The summed E-state index contributed by atoms with van der Waals surface area (Å²) < 4.78 is 0. The molecule has 21 heavy (non-hydrogen) atoms. The predicted molar refractivity (Wildman–Crippen MR) is 78.1 cm³/mol. The van der Waals surface area contributed by atoms with E-state index in [1.54, 1.807) is 6.08 Å². The number of hydrogen-bond donors (Lipinski definition) is 0. The number of imide groups is 1. The molecule has 0 aromatic carbocycles. The van der Waals surface area contributed by atoms with E-state index in [4.69, 9.17) is 0 Å². The minimum atomic E-state index is -0.295. The lowest BCUT2D eigenvalue weighted by atomic mass is 9.71. The van der Waals surface area contributed by atoms with Crippen LogP contribution < -0.4 is 0 Å². The second-order valence-corrected chi connectivity index (χ2v) is 5.64. The summed E-state index contributed by atoms with van der Waals surface area (Å²) in [6, 6.07) is 0. The molecule has 0 N–H and O–H groups in total. The van der Waals surface area contributed by atoms with Crippen molar-refractivity contribution >= 4 is 17.6 Å². The van der Waals surface area contributed by atoms with Gasteiger partial charge in [0.2, 0.25) is 5.91 Å². The second kappa shape index (κ2) is 5.28. The maximum absolute atomic E-state index is 12.6. The van der Waals surface area contributed by atoms with Crippen molar-refractivity contribution in [2.75, 3.05) is 6.54 Å². The smallest absolute Gasteiger partial charge is 0.257 e. The molecule has 0 aromatic heterocycles. The van der Waals surface area contributed by atoms with Crippen molar-refractivity contribution < 1.29 is 14.4 Å². The standard InChI is InChI=1S/C17H17NO3/c1-11(19)5-4-10-18-16(20)13-8-2-6-12-7-3-9-14(15(12)13)17(18)21/h2-3,6-9,13,15H,4-5,10H2,1H3. The molecule has 1 aliphatic heterocycles. The van der Waals surface area contributed by atoms with E-state index >= 15 is 0 Å². The first-order valence-corrected chi connectivity index (χ1v) is 7.21. The molecule has 2 amide bonds. The van der Waals surface area contributed by atoms with Crippen LogP contribution in [0.25, 0.3) is 0 Å². The fourth-order valence-electron chi connectivity index (χ4n) is 3.17. The molecule has 1 fully saturated rings. The van der Waals surface area contributed by atoms with Crippen LogP contribution in [-0.4, -0.2) is 29.0 Å². The Balaban J connectivity index is 1.86. The monoisotopic (exact) mass is 283 g/mol. The average Bonchev–Trinajstić information content (AvgIpc) is 2.47. The summed E-state index contributed by atoms with van der Waals surface area (Å²) in [5, 5.41) is 0. The van der Waals surface area contributed by atoms with Crippen molar-refractivity contribution in [2.45, 2.75) is 19.8 Å². The van der Waals surface area contributed by atoms with Crippen LogP contribution in [0, 0.1) is 11.8 Å². The summed E-state index contributed by atoms with van der Waals surface area (Å²) in [6.45, 7) is 1.83. The van der Waals surface area contributed by atoms with E-state index in [2.05, 4.69) is 0 Å². The number of Topliss-reactive ketones (excluding diaryl/α,β-unsaturated/α-hetero) is 1. The number of allylic oxidation sites excluding steroid dienone is 6. The highest BCUT2D eigenvalue weighted by Gasteiger charge is 2.45. The normalized spacial score (nSPS) is 26.4. The molecule has 0 aromatic rings. The highest BCUT2D eigenvalue weighted by atomic mass is 16.2. The molecule has 4 nitrogen and oxygen atoms in total. The van der Waals surface area contributed by atoms with Crippen LogP contribution >= 0.6 is 0 Å². The number of piperidine rings is 1. The maximum Gasteiger partial charge on any atom is 0.257 e. The van der Waals surface area contributed by atoms with Gasteiger partial charge >= 0.3 is 0 Å². The SMILES string of the molecule is CC(=O)CCCN1C(=O)C2=CC=CC3=CC=CC(C1=O)C32. The molecular weight excluding hydrogens is 266 g/mol. The average molecular weight is 283 g/mol. The number of likely N-dealkylation sites (tertiary alicyclic amines) is 1. The Morgan fingerprint density at radius 1 is 1.24 bits per heavy atom. The van der Waals surface area contributed by atoms with E-state index in [0.717, 1.165) is 5.57 Å². The molecule has 1 heterocycles. The Morgan fingerprint density at radius 3 is 2.81 bits per heavy atom. The van der Waals surface area contributed by atoms with E-state index in [9.17, 15) is 14.4 Å². The molecule has 108 valence electrons. The fourth-order valence-corrected chi connectivity index (χ4v) is 3.17. The first-order chi connectivity index (χ1) is 10.1. The number of carbonyl (C=O) groups is 3. The van der Waals surface area contributed by atoms with Gasteiger partial charge in [-0.15, -0.1) is 0 Å². The molecule has 2 unspecified atom stereocenters. The molecule has 2 aliphatic carbocycles. The molecule has 0 bridgehead atoms. The number of carbonyl (C=O) groups excluding carboxylic acids is 3. The zero-order valence-electron chi connectivity index (χ0n) is 11.9. The van der Waals surface area contributed by atoms with Crippen LogP contribution in [0.2, 0.25) is 0 Å². The lowest BCUT2D eigenvalue weighted by Gasteiger charge is -2.39. The highest BCUT2D eigenvalue weighted by molar-refractivity contribution is 6.10. The van der Waals surface area contributed by atoms with Gasteiger partial charge in [-0.3, -0.25) is 14.5 Å². The van der Waals surface area contributed by atoms with Gasteiger partial charge in [0.1, 0.15) is 5.78 Å². The topological polar surface area (TPSA) is 54.5 Å². The van der Waals surface area contributed by atoms with Gasteiger partial charge < -0.3 is 4.79 Å². The molecule has 3 aliphatic rings. The molecule has 4 heteroatoms. The highest BCUT2D eigenvalue weighted by Crippen LogP contribution is 2.41. The Kier molecular flexibility index (Phi) is 3.45. The molecular formula is C17H17NO3. The van der Waals surface area contributed by atoms with Gasteiger partial charge in [0, 0.05) is 24.5 Å². The Morgan fingerprint density at radius 2 is 2.05 bits per heavy atom. The first-order valence-electron chi connectivity index (χ1n) is 7.21. The van der Waals surface area contributed by atoms with Gasteiger partial charge in [-0.2, -0.15) is 0 Å². The molecule has 0 spiro atoms. The van der Waals surface area contributed by atoms with E-state index < -0.39 is 0 Å². The molecule has 0 saturated carbocycles. The number of amides is 2. The number of nitrogens with zero attached hydrogens (tertiary/aromatic N) is 1. The van der Waals surface area contributed by atoms with Gasteiger partial charge in [-0.1, -0.05) is 36.5 Å². The minimum absolute atomic E-state index is 0.0763. The third kappa shape index (κ3) is 2.31.